The Hall–Kier alpha value is -3.72. The third-order valence-electron chi connectivity index (χ3n) is 5.36. The van der Waals surface area contributed by atoms with Crippen LogP contribution >= 0.6 is 11.8 Å². The molecule has 0 aliphatic heterocycles. The van der Waals surface area contributed by atoms with Gasteiger partial charge in [0, 0.05) is 35.6 Å². The highest BCUT2D eigenvalue weighted by Gasteiger charge is 2.18. The Morgan fingerprint density at radius 3 is 2.63 bits per heavy atom. The number of carbonyl (C=O) groups is 2. The topological polar surface area (TPSA) is 103 Å². The largest absolute Gasteiger partial charge is 0.467 e. The Labute approximate surface area is 208 Å². The molecule has 9 heteroatoms. The Morgan fingerprint density at radius 2 is 1.91 bits per heavy atom. The Bertz CT molecular complexity index is 1240. The van der Waals surface area contributed by atoms with E-state index in [1.165, 1.54) is 11.8 Å². The fourth-order valence-corrected chi connectivity index (χ4v) is 4.35. The minimum absolute atomic E-state index is 0.00612. The van der Waals surface area contributed by atoms with Crippen LogP contribution < -0.4 is 5.32 Å². The molecule has 0 aliphatic rings. The van der Waals surface area contributed by atoms with Crippen molar-refractivity contribution >= 4 is 29.1 Å². The standard InChI is InChI=1S/C26H27N5O3S/c1-2-3-4-9-24(33)28-21-12-10-19(11-13-21)23(32)18-35-26-30-29-25(20-7-5-14-27-16-20)31(26)17-22-8-6-15-34-22/h5-8,10-16H,2-4,9,17-18H2,1H3,(H,28,33). The minimum atomic E-state index is -0.0358. The zero-order chi connectivity index (χ0) is 24.5. The maximum absolute atomic E-state index is 12.8. The molecular weight excluding hydrogens is 462 g/mol. The lowest BCUT2D eigenvalue weighted by atomic mass is 10.1. The normalized spacial score (nSPS) is 10.9. The van der Waals surface area contributed by atoms with E-state index in [1.54, 1.807) is 42.9 Å². The van der Waals surface area contributed by atoms with Crippen LogP contribution in [0.25, 0.3) is 11.4 Å². The molecule has 0 saturated carbocycles. The number of thioether (sulfide) groups is 1. The summed E-state index contributed by atoms with van der Waals surface area (Å²) in [6.45, 7) is 2.54. The molecule has 0 fully saturated rings. The van der Waals surface area contributed by atoms with E-state index < -0.39 is 0 Å². The van der Waals surface area contributed by atoms with E-state index in [0.29, 0.717) is 35.2 Å². The van der Waals surface area contributed by atoms with E-state index in [-0.39, 0.29) is 17.4 Å². The molecule has 0 unspecified atom stereocenters. The number of unbranched alkanes of at least 4 members (excludes halogenated alkanes) is 2. The van der Waals surface area contributed by atoms with Gasteiger partial charge in [-0.25, -0.2) is 0 Å². The number of nitrogens with zero attached hydrogens (tertiary/aromatic N) is 4. The van der Waals surface area contributed by atoms with Crippen LogP contribution in [0, 0.1) is 0 Å². The Morgan fingerprint density at radius 1 is 1.06 bits per heavy atom. The van der Waals surface area contributed by atoms with E-state index in [1.807, 2.05) is 28.8 Å². The number of ketones is 1. The summed E-state index contributed by atoms with van der Waals surface area (Å²) in [5.74, 6) is 1.57. The number of nitrogens with one attached hydrogen (secondary N) is 1. The molecule has 3 aromatic heterocycles. The molecule has 0 aliphatic carbocycles. The fraction of sp³-hybridized carbons (Fsp3) is 0.269. The number of benzene rings is 1. The molecule has 0 radical (unpaired) electrons. The van der Waals surface area contributed by atoms with Gasteiger partial charge < -0.3 is 9.73 Å². The molecule has 0 saturated heterocycles. The molecule has 35 heavy (non-hydrogen) atoms. The predicted octanol–water partition coefficient (Wildman–Crippen LogP) is 5.48. The van der Waals surface area contributed by atoms with Crippen molar-refractivity contribution in [2.75, 3.05) is 11.1 Å². The van der Waals surface area contributed by atoms with Crippen LogP contribution in [0.3, 0.4) is 0 Å². The average molecular weight is 490 g/mol. The second-order valence-electron chi connectivity index (χ2n) is 8.01. The van der Waals surface area contributed by atoms with Gasteiger partial charge in [0.05, 0.1) is 18.6 Å². The summed E-state index contributed by atoms with van der Waals surface area (Å²) in [5, 5.41) is 12.2. The van der Waals surface area contributed by atoms with Crippen LogP contribution in [-0.2, 0) is 11.3 Å². The van der Waals surface area contributed by atoms with Gasteiger partial charge in [0.25, 0.3) is 0 Å². The van der Waals surface area contributed by atoms with E-state index >= 15 is 0 Å². The maximum Gasteiger partial charge on any atom is 0.224 e. The lowest BCUT2D eigenvalue weighted by Crippen LogP contribution is -2.11. The summed E-state index contributed by atoms with van der Waals surface area (Å²) in [5.41, 5.74) is 2.10. The summed E-state index contributed by atoms with van der Waals surface area (Å²) >= 11 is 1.32. The fourth-order valence-electron chi connectivity index (χ4n) is 3.52. The molecule has 1 amide bonds. The molecular formula is C26H27N5O3S. The summed E-state index contributed by atoms with van der Waals surface area (Å²) in [6, 6.07) is 14.5. The summed E-state index contributed by atoms with van der Waals surface area (Å²) in [6.07, 6.45) is 8.55. The van der Waals surface area contributed by atoms with Crippen LogP contribution in [0.4, 0.5) is 5.69 Å². The number of hydrogen-bond acceptors (Lipinski definition) is 7. The van der Waals surface area contributed by atoms with Crippen molar-refractivity contribution in [1.82, 2.24) is 19.7 Å². The van der Waals surface area contributed by atoms with Gasteiger partial charge in [-0.1, -0.05) is 31.5 Å². The SMILES string of the molecule is CCCCCC(=O)Nc1ccc(C(=O)CSc2nnc(-c3cccnc3)n2Cc2ccco2)cc1. The zero-order valence-electron chi connectivity index (χ0n) is 19.5. The molecule has 0 bridgehead atoms. The van der Waals surface area contributed by atoms with Crippen molar-refractivity contribution in [3.63, 3.8) is 0 Å². The minimum Gasteiger partial charge on any atom is -0.467 e. The summed E-state index contributed by atoms with van der Waals surface area (Å²) in [4.78, 5) is 29.0. The first-order valence-corrected chi connectivity index (χ1v) is 12.5. The number of furan rings is 1. The second kappa shape index (κ2) is 12.1. The highest BCUT2D eigenvalue weighted by Crippen LogP contribution is 2.25. The number of rotatable bonds is 12. The van der Waals surface area contributed by atoms with Crippen molar-refractivity contribution in [3.05, 3.63) is 78.5 Å². The molecule has 1 N–H and O–H groups in total. The van der Waals surface area contributed by atoms with Gasteiger partial charge in [-0.05, 0) is 55.0 Å². The number of amides is 1. The van der Waals surface area contributed by atoms with Crippen LogP contribution in [-0.4, -0.2) is 37.2 Å². The summed E-state index contributed by atoms with van der Waals surface area (Å²) in [7, 11) is 0. The van der Waals surface area contributed by atoms with Crippen LogP contribution in [0.2, 0.25) is 0 Å². The number of Topliss-reactive ketones (excluding diaryl/α,β-unsaturated/α-hetero) is 1. The van der Waals surface area contributed by atoms with Gasteiger partial charge >= 0.3 is 0 Å². The van der Waals surface area contributed by atoms with Gasteiger partial charge in [0.15, 0.2) is 16.8 Å². The third kappa shape index (κ3) is 6.66. The lowest BCUT2D eigenvalue weighted by Gasteiger charge is -2.09. The van der Waals surface area contributed by atoms with Crippen molar-refractivity contribution in [1.29, 1.82) is 0 Å². The van der Waals surface area contributed by atoms with Crippen molar-refractivity contribution in [3.8, 4) is 11.4 Å². The molecule has 0 spiro atoms. The predicted molar refractivity (Wildman–Crippen MR) is 135 cm³/mol. The number of pyridine rings is 1. The molecule has 4 aromatic rings. The van der Waals surface area contributed by atoms with Gasteiger partial charge in [0.1, 0.15) is 5.76 Å². The maximum atomic E-state index is 12.8. The lowest BCUT2D eigenvalue weighted by molar-refractivity contribution is -0.116. The Balaban J connectivity index is 1.41. The Kier molecular flexibility index (Phi) is 8.45. The quantitative estimate of drug-likeness (QED) is 0.160. The van der Waals surface area contributed by atoms with Crippen LogP contribution in [0.1, 0.15) is 48.7 Å². The molecule has 4 rings (SSSR count). The van der Waals surface area contributed by atoms with E-state index in [0.717, 1.165) is 30.6 Å². The smallest absolute Gasteiger partial charge is 0.224 e. The number of hydrogen-bond donors (Lipinski definition) is 1. The van der Waals surface area contributed by atoms with E-state index in [4.69, 9.17) is 4.42 Å². The second-order valence-corrected chi connectivity index (χ2v) is 8.95. The van der Waals surface area contributed by atoms with Crippen LogP contribution in [0.15, 0.2) is 76.8 Å². The first-order chi connectivity index (χ1) is 17.1. The van der Waals surface area contributed by atoms with Gasteiger partial charge in [-0.15, -0.1) is 10.2 Å². The molecule has 1 aromatic carbocycles. The molecule has 8 nitrogen and oxygen atoms in total. The van der Waals surface area contributed by atoms with Gasteiger partial charge in [-0.3, -0.25) is 19.1 Å². The summed E-state index contributed by atoms with van der Waals surface area (Å²) < 4.78 is 7.44. The number of aromatic nitrogens is 4. The first kappa shape index (κ1) is 24.4. The monoisotopic (exact) mass is 489 g/mol. The van der Waals surface area contributed by atoms with Gasteiger partial charge in [0.2, 0.25) is 5.91 Å². The zero-order valence-corrected chi connectivity index (χ0v) is 20.3. The number of carbonyl (C=O) groups excluding carboxylic acids is 2. The molecule has 3 heterocycles. The van der Waals surface area contributed by atoms with Gasteiger partial charge in [-0.2, -0.15) is 0 Å². The van der Waals surface area contributed by atoms with Crippen molar-refractivity contribution < 1.29 is 14.0 Å². The third-order valence-corrected chi connectivity index (χ3v) is 6.33. The average Bonchev–Trinajstić information content (AvgIpc) is 3.54. The van der Waals surface area contributed by atoms with Crippen LogP contribution in [0.5, 0.6) is 0 Å². The molecule has 180 valence electrons. The highest BCUT2D eigenvalue weighted by atomic mass is 32.2. The highest BCUT2D eigenvalue weighted by molar-refractivity contribution is 7.99. The first-order valence-electron chi connectivity index (χ1n) is 11.6. The van der Waals surface area contributed by atoms with Crippen molar-refractivity contribution in [2.24, 2.45) is 0 Å². The van der Waals surface area contributed by atoms with E-state index in [2.05, 4.69) is 27.4 Å². The van der Waals surface area contributed by atoms with E-state index in [9.17, 15) is 9.59 Å². The number of anilines is 1. The van der Waals surface area contributed by atoms with Crippen molar-refractivity contribution in [2.45, 2.75) is 44.3 Å². The molecule has 0 atom stereocenters.